The summed E-state index contributed by atoms with van der Waals surface area (Å²) >= 11 is 0. The smallest absolute Gasteiger partial charge is 0.321 e. The summed E-state index contributed by atoms with van der Waals surface area (Å²) in [4.78, 5) is 24.5. The molecule has 1 aromatic heterocycles. The van der Waals surface area contributed by atoms with E-state index in [2.05, 4.69) is 10.4 Å². The molecule has 0 aliphatic rings. The van der Waals surface area contributed by atoms with Crippen molar-refractivity contribution in [3.8, 4) is 11.3 Å². The molecular weight excluding hydrogens is 477 g/mol. The Morgan fingerprint density at radius 3 is 2.31 bits per heavy atom. The number of esters is 1. The average Bonchev–Trinajstić information content (AvgIpc) is 3.18. The molecule has 3 aromatic rings. The van der Waals surface area contributed by atoms with Crippen LogP contribution in [0.4, 0.5) is 4.39 Å². The van der Waals surface area contributed by atoms with Crippen molar-refractivity contribution in [2.24, 2.45) is 7.05 Å². The molecule has 9 nitrogen and oxygen atoms in total. The first-order chi connectivity index (χ1) is 16.5. The van der Waals surface area contributed by atoms with Gasteiger partial charge in [0.15, 0.2) is 15.6 Å². The number of ether oxygens (including phenoxy) is 1. The highest BCUT2D eigenvalue weighted by Gasteiger charge is 2.23. The number of rotatable bonds is 9. The molecule has 186 valence electrons. The fourth-order valence-electron chi connectivity index (χ4n) is 3.35. The number of carbonyl (C=O) groups excluding carboxylic acids is 2. The van der Waals surface area contributed by atoms with E-state index in [9.17, 15) is 27.5 Å². The molecule has 1 unspecified atom stereocenters. The molecular formula is C24H26FN3O6S. The molecule has 0 saturated heterocycles. The van der Waals surface area contributed by atoms with Crippen LogP contribution in [-0.2, 0) is 26.4 Å². The van der Waals surface area contributed by atoms with Crippen molar-refractivity contribution in [1.82, 2.24) is 15.1 Å². The van der Waals surface area contributed by atoms with Crippen LogP contribution in [0.5, 0.6) is 0 Å². The van der Waals surface area contributed by atoms with Gasteiger partial charge >= 0.3 is 5.97 Å². The summed E-state index contributed by atoms with van der Waals surface area (Å²) in [6.45, 7) is 2.80. The van der Waals surface area contributed by atoms with Crippen LogP contribution in [-0.4, -0.2) is 53.6 Å². The van der Waals surface area contributed by atoms with Crippen molar-refractivity contribution in [1.29, 1.82) is 0 Å². The molecule has 1 atom stereocenters. The molecule has 11 heteroatoms. The maximum absolute atomic E-state index is 13.2. The molecule has 1 heterocycles. The minimum absolute atomic E-state index is 0.0828. The van der Waals surface area contributed by atoms with Crippen molar-refractivity contribution in [3.05, 3.63) is 71.7 Å². The van der Waals surface area contributed by atoms with Gasteiger partial charge in [0.25, 0.3) is 5.91 Å². The molecule has 0 fully saturated rings. The van der Waals surface area contributed by atoms with Crippen LogP contribution in [0.3, 0.4) is 0 Å². The van der Waals surface area contributed by atoms with Gasteiger partial charge in [0.1, 0.15) is 11.5 Å². The maximum atomic E-state index is 13.2. The number of hydrogen-bond donors (Lipinski definition) is 2. The Labute approximate surface area is 202 Å². The van der Waals surface area contributed by atoms with Crippen molar-refractivity contribution in [2.45, 2.75) is 30.9 Å². The quantitative estimate of drug-likeness (QED) is 0.429. The summed E-state index contributed by atoms with van der Waals surface area (Å²) in [6, 6.07) is 11.9. The van der Waals surface area contributed by atoms with E-state index in [0.717, 1.165) is 0 Å². The maximum Gasteiger partial charge on any atom is 0.321 e. The Kier molecular flexibility index (Phi) is 8.03. The van der Waals surface area contributed by atoms with E-state index in [1.54, 1.807) is 39.1 Å². The minimum Gasteiger partial charge on any atom is -0.462 e. The van der Waals surface area contributed by atoms with E-state index in [1.165, 1.54) is 41.1 Å². The van der Waals surface area contributed by atoms with Crippen molar-refractivity contribution in [2.75, 3.05) is 12.4 Å². The summed E-state index contributed by atoms with van der Waals surface area (Å²) in [5.41, 5.74) is 1.79. The van der Waals surface area contributed by atoms with Crippen LogP contribution in [0.25, 0.3) is 11.3 Å². The van der Waals surface area contributed by atoms with Crippen LogP contribution < -0.4 is 5.32 Å². The normalized spacial score (nSPS) is 12.4. The van der Waals surface area contributed by atoms with Gasteiger partial charge in [-0.2, -0.15) is 5.10 Å². The van der Waals surface area contributed by atoms with Gasteiger partial charge in [0.2, 0.25) is 0 Å². The molecule has 1 amide bonds. The Morgan fingerprint density at radius 2 is 1.74 bits per heavy atom. The predicted octanol–water partition coefficient (Wildman–Crippen LogP) is 2.41. The number of aryl methyl sites for hydroxylation is 1. The van der Waals surface area contributed by atoms with E-state index < -0.39 is 46.2 Å². The summed E-state index contributed by atoms with van der Waals surface area (Å²) in [5, 5.41) is 16.8. The van der Waals surface area contributed by atoms with Gasteiger partial charge < -0.3 is 15.2 Å². The number of benzene rings is 2. The first-order valence-electron chi connectivity index (χ1n) is 10.7. The lowest BCUT2D eigenvalue weighted by molar-refractivity contribution is -0.144. The number of carbonyl (C=O) groups is 2. The Balaban J connectivity index is 1.73. The Bertz CT molecular complexity index is 1300. The second-order valence-corrected chi connectivity index (χ2v) is 10.1. The van der Waals surface area contributed by atoms with Gasteiger partial charge in [0.05, 0.1) is 29.3 Å². The van der Waals surface area contributed by atoms with Gasteiger partial charge in [-0.1, -0.05) is 12.1 Å². The zero-order valence-electron chi connectivity index (χ0n) is 19.4. The van der Waals surface area contributed by atoms with E-state index in [1.807, 2.05) is 0 Å². The first kappa shape index (κ1) is 26.0. The van der Waals surface area contributed by atoms with Crippen LogP contribution in [0.2, 0.25) is 0 Å². The number of hydrogen-bond acceptors (Lipinski definition) is 7. The van der Waals surface area contributed by atoms with Crippen LogP contribution in [0.1, 0.15) is 35.9 Å². The molecule has 0 spiro atoms. The number of amides is 1. The summed E-state index contributed by atoms with van der Waals surface area (Å²) in [6.07, 6.45) is -0.430. The second-order valence-electron chi connectivity index (χ2n) is 8.12. The first-order valence-corrected chi connectivity index (χ1v) is 12.4. The van der Waals surface area contributed by atoms with Crippen molar-refractivity contribution in [3.63, 3.8) is 0 Å². The summed E-state index contributed by atoms with van der Waals surface area (Å²) in [7, 11) is -2.33. The molecule has 0 aliphatic carbocycles. The largest absolute Gasteiger partial charge is 0.462 e. The highest BCUT2D eigenvalue weighted by Crippen LogP contribution is 2.21. The standard InChI is InChI=1S/C24H26FN3O6S/c1-15(2)34-23(30)14-35(32,33)19-10-6-17(7-11-19)21(13-29)26-24(31)22-12-20(27-28(22)3)16-4-8-18(25)9-5-16/h4-12,15,21,29H,13-14H2,1-3H3,(H,26,31). The molecule has 0 saturated carbocycles. The van der Waals surface area contributed by atoms with Crippen LogP contribution >= 0.6 is 0 Å². The van der Waals surface area contributed by atoms with Gasteiger partial charge in [0, 0.05) is 12.6 Å². The fraction of sp³-hybridized carbons (Fsp3) is 0.292. The van der Waals surface area contributed by atoms with Crippen molar-refractivity contribution >= 4 is 21.7 Å². The summed E-state index contributed by atoms with van der Waals surface area (Å²) in [5.74, 6) is -2.54. The minimum atomic E-state index is -3.91. The lowest BCUT2D eigenvalue weighted by Crippen LogP contribution is -2.32. The zero-order valence-corrected chi connectivity index (χ0v) is 20.3. The number of aliphatic hydroxyl groups excluding tert-OH is 1. The van der Waals surface area contributed by atoms with E-state index in [-0.39, 0.29) is 16.4 Å². The third-order valence-electron chi connectivity index (χ3n) is 5.06. The molecule has 0 aliphatic heterocycles. The number of aromatic nitrogens is 2. The third-order valence-corrected chi connectivity index (χ3v) is 6.66. The van der Waals surface area contributed by atoms with E-state index in [0.29, 0.717) is 16.8 Å². The highest BCUT2D eigenvalue weighted by atomic mass is 32.2. The number of halogens is 1. The Hall–Kier alpha value is -3.57. The number of aliphatic hydroxyl groups is 1. The molecule has 2 aromatic carbocycles. The zero-order chi connectivity index (χ0) is 25.8. The van der Waals surface area contributed by atoms with Gasteiger partial charge in [-0.15, -0.1) is 0 Å². The lowest BCUT2D eigenvalue weighted by Gasteiger charge is -2.17. The number of nitrogens with zero attached hydrogens (tertiary/aromatic N) is 2. The van der Waals surface area contributed by atoms with Crippen LogP contribution in [0, 0.1) is 5.82 Å². The van der Waals surface area contributed by atoms with Gasteiger partial charge in [-0.3, -0.25) is 14.3 Å². The highest BCUT2D eigenvalue weighted by molar-refractivity contribution is 7.92. The SMILES string of the molecule is CC(C)OC(=O)CS(=O)(=O)c1ccc(C(CO)NC(=O)c2cc(-c3ccc(F)cc3)nn2C)cc1. The Morgan fingerprint density at radius 1 is 1.11 bits per heavy atom. The number of nitrogens with one attached hydrogen (secondary N) is 1. The fourth-order valence-corrected chi connectivity index (χ4v) is 4.45. The topological polar surface area (TPSA) is 128 Å². The van der Waals surface area contributed by atoms with E-state index in [4.69, 9.17) is 4.74 Å². The summed E-state index contributed by atoms with van der Waals surface area (Å²) < 4.78 is 44.4. The molecule has 2 N–H and O–H groups in total. The van der Waals surface area contributed by atoms with Crippen LogP contribution in [0.15, 0.2) is 59.5 Å². The second kappa shape index (κ2) is 10.8. The molecule has 35 heavy (non-hydrogen) atoms. The molecule has 0 bridgehead atoms. The van der Waals surface area contributed by atoms with Crippen molar-refractivity contribution < 1.29 is 32.2 Å². The molecule has 0 radical (unpaired) electrons. The predicted molar refractivity (Wildman–Crippen MR) is 126 cm³/mol. The molecule has 3 rings (SSSR count). The number of sulfone groups is 1. The average molecular weight is 504 g/mol. The monoisotopic (exact) mass is 503 g/mol. The van der Waals surface area contributed by atoms with Gasteiger partial charge in [-0.25, -0.2) is 12.8 Å². The van der Waals surface area contributed by atoms with E-state index >= 15 is 0 Å². The third kappa shape index (κ3) is 6.52. The van der Waals surface area contributed by atoms with Gasteiger partial charge in [-0.05, 0) is 61.9 Å². The lowest BCUT2D eigenvalue weighted by atomic mass is 10.1.